The van der Waals surface area contributed by atoms with Gasteiger partial charge in [0.05, 0.1) is 19.8 Å². The van der Waals surface area contributed by atoms with Gasteiger partial charge in [0.2, 0.25) is 5.89 Å². The minimum absolute atomic E-state index is 0.0730. The van der Waals surface area contributed by atoms with Crippen molar-refractivity contribution in [2.75, 3.05) is 26.4 Å². The molecule has 0 amide bonds. The van der Waals surface area contributed by atoms with Gasteiger partial charge in [0, 0.05) is 31.5 Å². The van der Waals surface area contributed by atoms with Crippen LogP contribution in [0.1, 0.15) is 57.3 Å². The molecule has 1 aliphatic heterocycles. The summed E-state index contributed by atoms with van der Waals surface area (Å²) in [6, 6.07) is 0.117. The van der Waals surface area contributed by atoms with Crippen molar-refractivity contribution in [1.29, 1.82) is 0 Å². The third kappa shape index (κ3) is 4.02. The SMILES string of the molecule is CCOC(C)c1noc(CN2CCOCC2C2CCCCC2=O)n1. The van der Waals surface area contributed by atoms with Crippen LogP contribution in [0.3, 0.4) is 0 Å². The zero-order chi connectivity index (χ0) is 16.9. The predicted octanol–water partition coefficient (Wildman–Crippen LogP) is 2.13. The summed E-state index contributed by atoms with van der Waals surface area (Å²) in [4.78, 5) is 19.0. The Hall–Kier alpha value is -1.31. The maximum Gasteiger partial charge on any atom is 0.240 e. The Kier molecular flexibility index (Phi) is 5.97. The van der Waals surface area contributed by atoms with Crippen LogP contribution in [0.2, 0.25) is 0 Å². The molecule has 1 aromatic rings. The lowest BCUT2D eigenvalue weighted by Crippen LogP contribution is -2.51. The maximum absolute atomic E-state index is 12.3. The second kappa shape index (κ2) is 8.18. The number of morpholine rings is 1. The highest BCUT2D eigenvalue weighted by Gasteiger charge is 2.36. The fourth-order valence-corrected chi connectivity index (χ4v) is 3.64. The zero-order valence-corrected chi connectivity index (χ0v) is 14.6. The first-order valence-corrected chi connectivity index (χ1v) is 8.97. The van der Waals surface area contributed by atoms with E-state index in [-0.39, 0.29) is 18.1 Å². The Labute approximate surface area is 142 Å². The number of ether oxygens (including phenoxy) is 2. The smallest absolute Gasteiger partial charge is 0.240 e. The van der Waals surface area contributed by atoms with Gasteiger partial charge in [0.1, 0.15) is 11.9 Å². The number of rotatable bonds is 6. The molecule has 0 aromatic carbocycles. The van der Waals surface area contributed by atoms with E-state index < -0.39 is 0 Å². The highest BCUT2D eigenvalue weighted by Crippen LogP contribution is 2.29. The molecule has 7 heteroatoms. The van der Waals surface area contributed by atoms with E-state index in [9.17, 15) is 4.79 Å². The van der Waals surface area contributed by atoms with Crippen molar-refractivity contribution in [3.05, 3.63) is 11.7 Å². The molecule has 0 radical (unpaired) electrons. The van der Waals surface area contributed by atoms with Crippen LogP contribution in [0.5, 0.6) is 0 Å². The largest absolute Gasteiger partial charge is 0.378 e. The van der Waals surface area contributed by atoms with Crippen molar-refractivity contribution >= 4 is 5.78 Å². The molecule has 1 saturated heterocycles. The highest BCUT2D eigenvalue weighted by atomic mass is 16.5. The molecule has 2 heterocycles. The summed E-state index contributed by atoms with van der Waals surface area (Å²) in [7, 11) is 0. The maximum atomic E-state index is 12.3. The lowest BCUT2D eigenvalue weighted by molar-refractivity contribution is -0.131. The Bertz CT molecular complexity index is 548. The third-order valence-electron chi connectivity index (χ3n) is 4.95. The van der Waals surface area contributed by atoms with Gasteiger partial charge in [0.25, 0.3) is 0 Å². The van der Waals surface area contributed by atoms with Crippen LogP contribution in [0.25, 0.3) is 0 Å². The lowest BCUT2D eigenvalue weighted by atomic mass is 9.82. The van der Waals surface area contributed by atoms with Gasteiger partial charge in [-0.15, -0.1) is 0 Å². The van der Waals surface area contributed by atoms with Gasteiger partial charge in [-0.3, -0.25) is 9.69 Å². The number of carbonyl (C=O) groups is 1. The van der Waals surface area contributed by atoms with Crippen molar-refractivity contribution in [1.82, 2.24) is 15.0 Å². The summed E-state index contributed by atoms with van der Waals surface area (Å²) in [5.41, 5.74) is 0. The van der Waals surface area contributed by atoms with Crippen LogP contribution in [0.15, 0.2) is 4.52 Å². The van der Waals surface area contributed by atoms with Crippen LogP contribution < -0.4 is 0 Å². The average molecular weight is 337 g/mol. The van der Waals surface area contributed by atoms with E-state index in [1.807, 2.05) is 13.8 Å². The molecule has 3 rings (SSSR count). The Morgan fingerprint density at radius 2 is 2.29 bits per heavy atom. The van der Waals surface area contributed by atoms with E-state index in [4.69, 9.17) is 14.0 Å². The number of Topliss-reactive ketones (excluding diaryl/α,β-unsaturated/α-hetero) is 1. The number of hydrogen-bond acceptors (Lipinski definition) is 7. The molecule has 134 valence electrons. The Balaban J connectivity index is 1.66. The molecule has 3 atom stereocenters. The lowest BCUT2D eigenvalue weighted by Gasteiger charge is -2.40. The normalized spacial score (nSPS) is 27.3. The average Bonchev–Trinajstić information content (AvgIpc) is 3.05. The standard InChI is InChI=1S/C17H27N3O4/c1-3-23-12(2)17-18-16(24-19-17)10-20-8-9-22-11-14(20)13-6-4-5-7-15(13)21/h12-14H,3-11H2,1-2H3. The molecular formula is C17H27N3O4. The van der Waals surface area contributed by atoms with Crippen LogP contribution in [-0.2, 0) is 20.8 Å². The van der Waals surface area contributed by atoms with Crippen LogP contribution in [0, 0.1) is 5.92 Å². The molecule has 0 spiro atoms. The van der Waals surface area contributed by atoms with Crippen molar-refractivity contribution in [2.24, 2.45) is 5.92 Å². The summed E-state index contributed by atoms with van der Waals surface area (Å²) < 4.78 is 16.5. The quantitative estimate of drug-likeness (QED) is 0.787. The summed E-state index contributed by atoms with van der Waals surface area (Å²) in [6.07, 6.45) is 3.63. The van der Waals surface area contributed by atoms with Crippen LogP contribution in [-0.4, -0.2) is 53.2 Å². The monoisotopic (exact) mass is 337 g/mol. The molecular weight excluding hydrogens is 310 g/mol. The minimum atomic E-state index is -0.173. The van der Waals surface area contributed by atoms with E-state index in [0.29, 0.717) is 50.3 Å². The summed E-state index contributed by atoms with van der Waals surface area (Å²) in [5, 5.41) is 4.02. The first kappa shape index (κ1) is 17.5. The highest BCUT2D eigenvalue weighted by molar-refractivity contribution is 5.82. The first-order chi connectivity index (χ1) is 11.7. The molecule has 0 N–H and O–H groups in total. The molecule has 1 aliphatic carbocycles. The summed E-state index contributed by atoms with van der Waals surface area (Å²) >= 11 is 0. The molecule has 1 aromatic heterocycles. The number of hydrogen-bond donors (Lipinski definition) is 0. The van der Waals surface area contributed by atoms with Gasteiger partial charge in [-0.05, 0) is 26.7 Å². The van der Waals surface area contributed by atoms with Crippen molar-refractivity contribution < 1.29 is 18.8 Å². The first-order valence-electron chi connectivity index (χ1n) is 8.97. The number of aromatic nitrogens is 2. The van der Waals surface area contributed by atoms with Gasteiger partial charge < -0.3 is 14.0 Å². The number of ketones is 1. The zero-order valence-electron chi connectivity index (χ0n) is 14.6. The van der Waals surface area contributed by atoms with Gasteiger partial charge in [-0.1, -0.05) is 11.6 Å². The topological polar surface area (TPSA) is 77.7 Å². The Morgan fingerprint density at radius 3 is 3.08 bits per heavy atom. The van der Waals surface area contributed by atoms with E-state index in [1.54, 1.807) is 0 Å². The van der Waals surface area contributed by atoms with Gasteiger partial charge in [0.15, 0.2) is 5.82 Å². The van der Waals surface area contributed by atoms with Crippen LogP contribution >= 0.6 is 0 Å². The van der Waals surface area contributed by atoms with E-state index in [2.05, 4.69) is 15.0 Å². The second-order valence-electron chi connectivity index (χ2n) is 6.58. The molecule has 7 nitrogen and oxygen atoms in total. The molecule has 24 heavy (non-hydrogen) atoms. The van der Waals surface area contributed by atoms with Gasteiger partial charge in [-0.2, -0.15) is 4.98 Å². The predicted molar refractivity (Wildman–Crippen MR) is 86.3 cm³/mol. The summed E-state index contributed by atoms with van der Waals surface area (Å²) in [5.74, 6) is 1.60. The van der Waals surface area contributed by atoms with E-state index >= 15 is 0 Å². The number of nitrogens with zero attached hydrogens (tertiary/aromatic N) is 3. The number of carbonyl (C=O) groups excluding carboxylic acids is 1. The Morgan fingerprint density at radius 1 is 1.42 bits per heavy atom. The molecule has 3 unspecified atom stereocenters. The van der Waals surface area contributed by atoms with Crippen LogP contribution in [0.4, 0.5) is 0 Å². The van der Waals surface area contributed by atoms with Crippen molar-refractivity contribution in [3.8, 4) is 0 Å². The van der Waals surface area contributed by atoms with Gasteiger partial charge in [-0.25, -0.2) is 0 Å². The van der Waals surface area contributed by atoms with E-state index in [1.165, 1.54) is 0 Å². The van der Waals surface area contributed by atoms with Gasteiger partial charge >= 0.3 is 0 Å². The molecule has 0 bridgehead atoms. The van der Waals surface area contributed by atoms with Crippen molar-refractivity contribution in [3.63, 3.8) is 0 Å². The molecule has 1 saturated carbocycles. The van der Waals surface area contributed by atoms with E-state index in [0.717, 1.165) is 25.8 Å². The second-order valence-corrected chi connectivity index (χ2v) is 6.58. The fraction of sp³-hybridized carbons (Fsp3) is 0.824. The fourth-order valence-electron chi connectivity index (χ4n) is 3.64. The third-order valence-corrected chi connectivity index (χ3v) is 4.95. The van der Waals surface area contributed by atoms with Crippen molar-refractivity contribution in [2.45, 2.75) is 58.2 Å². The molecule has 2 fully saturated rings. The molecule has 2 aliphatic rings. The summed E-state index contributed by atoms with van der Waals surface area (Å²) in [6.45, 7) is 7.09. The minimum Gasteiger partial charge on any atom is -0.378 e.